The number of H-pyrrole nitrogens is 1. The second kappa shape index (κ2) is 14.1. The summed E-state index contributed by atoms with van der Waals surface area (Å²) in [6.45, 7) is 8.74. The van der Waals surface area contributed by atoms with Crippen LogP contribution in [-0.2, 0) is 9.53 Å². The lowest BCUT2D eigenvalue weighted by Gasteiger charge is -2.36. The molecule has 11 nitrogen and oxygen atoms in total. The number of benzene rings is 1. The minimum Gasteiger partial charge on any atom is -0.379 e. The highest BCUT2D eigenvalue weighted by Crippen LogP contribution is 2.40. The smallest absolute Gasteiger partial charge is 0.263 e. The standard InChI is InChI=1S/C23H20Cl2N6O2.C9H13ClN2O/c1-29-12-30(21-17(24)3-2-4-18(21)25)23(32)16-9-26-22-15(20(16)29)7-19(28-22)13-8-27-31(10-13)14-5-6-33-11-14;1-4-8(7(3)10)12-9(13)6(2)5-11/h2-4,7-10,14H,5-6,11-12H2,1H3,(H,26,28);5,11H,2,4H2,1,3H3,(H,12,13)/b;8-7-,11-5?. The monoisotopic (exact) mass is 682 g/mol. The number of amides is 2. The normalized spacial score (nSPS) is 16.5. The van der Waals surface area contributed by atoms with Crippen LogP contribution in [0.3, 0.4) is 0 Å². The number of hydrogen-bond donors (Lipinski definition) is 3. The average molecular weight is 684 g/mol. The zero-order valence-corrected chi connectivity index (χ0v) is 27.8. The van der Waals surface area contributed by atoms with Gasteiger partial charge in [-0.05, 0) is 38.0 Å². The molecule has 1 unspecified atom stereocenters. The second-order valence-corrected chi connectivity index (χ2v) is 12.2. The number of hydrogen-bond acceptors (Lipinski definition) is 7. The van der Waals surface area contributed by atoms with Gasteiger partial charge in [0.25, 0.3) is 11.8 Å². The van der Waals surface area contributed by atoms with Crippen molar-refractivity contribution in [1.29, 1.82) is 5.41 Å². The molecule has 1 fully saturated rings. The number of carbonyl (C=O) groups is 2. The van der Waals surface area contributed by atoms with Gasteiger partial charge in [0.05, 0.1) is 63.8 Å². The molecular weight excluding hydrogens is 651 g/mol. The molecule has 240 valence electrons. The molecule has 2 aliphatic rings. The summed E-state index contributed by atoms with van der Waals surface area (Å²) < 4.78 is 7.43. The van der Waals surface area contributed by atoms with Gasteiger partial charge in [0.2, 0.25) is 0 Å². The van der Waals surface area contributed by atoms with Crippen LogP contribution < -0.4 is 15.1 Å². The molecule has 0 bridgehead atoms. The molecule has 1 atom stereocenters. The van der Waals surface area contributed by atoms with E-state index < -0.39 is 0 Å². The highest BCUT2D eigenvalue weighted by molar-refractivity contribution is 6.40. The van der Waals surface area contributed by atoms with Gasteiger partial charge in [0.15, 0.2) is 0 Å². The molecule has 2 amide bonds. The number of rotatable bonds is 7. The van der Waals surface area contributed by atoms with E-state index in [0.29, 0.717) is 57.4 Å². The maximum atomic E-state index is 13.4. The fourth-order valence-electron chi connectivity index (χ4n) is 5.30. The molecule has 6 rings (SSSR count). The maximum Gasteiger partial charge on any atom is 0.263 e. The van der Waals surface area contributed by atoms with Gasteiger partial charge in [-0.3, -0.25) is 19.2 Å². The molecule has 0 aliphatic carbocycles. The lowest BCUT2D eigenvalue weighted by atomic mass is 10.1. The minimum absolute atomic E-state index is 0.115. The van der Waals surface area contributed by atoms with Crippen molar-refractivity contribution in [3.8, 4) is 11.3 Å². The van der Waals surface area contributed by atoms with Gasteiger partial charge in [-0.15, -0.1) is 0 Å². The van der Waals surface area contributed by atoms with E-state index in [1.54, 1.807) is 36.2 Å². The van der Waals surface area contributed by atoms with Crippen molar-refractivity contribution in [2.45, 2.75) is 32.7 Å². The molecule has 5 heterocycles. The highest BCUT2D eigenvalue weighted by atomic mass is 35.5. The van der Waals surface area contributed by atoms with Gasteiger partial charge in [0.1, 0.15) is 5.65 Å². The van der Waals surface area contributed by atoms with Gasteiger partial charge in [0, 0.05) is 53.9 Å². The Labute approximate surface area is 281 Å². The van der Waals surface area contributed by atoms with Crippen LogP contribution in [0.25, 0.3) is 22.3 Å². The van der Waals surface area contributed by atoms with Gasteiger partial charge >= 0.3 is 0 Å². The van der Waals surface area contributed by atoms with Crippen LogP contribution in [-0.4, -0.2) is 64.7 Å². The predicted octanol–water partition coefficient (Wildman–Crippen LogP) is 6.94. The van der Waals surface area contributed by atoms with E-state index in [-0.39, 0.29) is 23.4 Å². The summed E-state index contributed by atoms with van der Waals surface area (Å²) in [7, 11) is 1.94. The third kappa shape index (κ3) is 6.68. The molecule has 3 N–H and O–H groups in total. The molecule has 2 aliphatic heterocycles. The first-order chi connectivity index (χ1) is 22.0. The van der Waals surface area contributed by atoms with Crippen molar-refractivity contribution in [3.63, 3.8) is 0 Å². The number of aromatic nitrogens is 4. The van der Waals surface area contributed by atoms with Crippen molar-refractivity contribution in [2.75, 3.05) is 36.7 Å². The Morgan fingerprint density at radius 3 is 2.63 bits per heavy atom. The first-order valence-corrected chi connectivity index (χ1v) is 15.6. The predicted molar refractivity (Wildman–Crippen MR) is 183 cm³/mol. The summed E-state index contributed by atoms with van der Waals surface area (Å²) in [5, 5.41) is 16.2. The summed E-state index contributed by atoms with van der Waals surface area (Å²) in [6, 6.07) is 7.50. The van der Waals surface area contributed by atoms with Crippen molar-refractivity contribution in [1.82, 2.24) is 25.1 Å². The average Bonchev–Trinajstić information content (AvgIpc) is 3.82. The third-order valence-electron chi connectivity index (χ3n) is 7.74. The Morgan fingerprint density at radius 2 is 2.00 bits per heavy atom. The van der Waals surface area contributed by atoms with Crippen LogP contribution in [0, 0.1) is 5.41 Å². The summed E-state index contributed by atoms with van der Waals surface area (Å²) in [4.78, 5) is 36.1. The quantitative estimate of drug-likeness (QED) is 0.143. The lowest BCUT2D eigenvalue weighted by Crippen LogP contribution is -2.45. The Balaban J connectivity index is 0.000000274. The topological polar surface area (TPSA) is 132 Å². The largest absolute Gasteiger partial charge is 0.379 e. The Kier molecular flexibility index (Phi) is 10.2. The lowest BCUT2D eigenvalue weighted by molar-refractivity contribution is -0.116. The van der Waals surface area contributed by atoms with Crippen LogP contribution in [0.5, 0.6) is 0 Å². The number of pyridine rings is 1. The molecule has 1 aromatic carbocycles. The fourth-order valence-corrected chi connectivity index (χ4v) is 6.09. The number of para-hydroxylation sites is 1. The Hall–Kier alpha value is -4.16. The summed E-state index contributed by atoms with van der Waals surface area (Å²) in [5.74, 6) is -0.573. The van der Waals surface area contributed by atoms with E-state index in [1.165, 1.54) is 0 Å². The number of nitrogens with zero attached hydrogens (tertiary/aromatic N) is 5. The molecule has 0 radical (unpaired) electrons. The SMILES string of the molecule is C=C(C=N)C(=O)N/C(CC)=C(/C)Cl.CN1CN(c2c(Cl)cccc2Cl)C(=O)c2cnc3[nH]c(-c4cnn(C5CCOC5)c4)cc3c21. The molecule has 4 aromatic rings. The number of halogens is 3. The molecular formula is C32H33Cl3N8O3. The second-order valence-electron chi connectivity index (χ2n) is 10.8. The van der Waals surface area contributed by atoms with Gasteiger partial charge < -0.3 is 25.3 Å². The highest BCUT2D eigenvalue weighted by Gasteiger charge is 2.33. The number of nitrogens with one attached hydrogen (secondary N) is 3. The Bertz CT molecular complexity index is 1830. The number of ether oxygens (including phenoxy) is 1. The molecule has 0 spiro atoms. The van der Waals surface area contributed by atoms with Crippen LogP contribution in [0.15, 0.2) is 65.7 Å². The van der Waals surface area contributed by atoms with Crippen LogP contribution >= 0.6 is 34.8 Å². The molecule has 46 heavy (non-hydrogen) atoms. The zero-order chi connectivity index (χ0) is 33.1. The van der Waals surface area contributed by atoms with Crippen molar-refractivity contribution in [3.05, 3.63) is 81.3 Å². The van der Waals surface area contributed by atoms with E-state index in [9.17, 15) is 9.59 Å². The number of carbonyl (C=O) groups excluding carboxylic acids is 2. The summed E-state index contributed by atoms with van der Waals surface area (Å²) in [5.41, 5.74) is 5.17. The molecule has 1 saturated heterocycles. The van der Waals surface area contributed by atoms with E-state index in [0.717, 1.165) is 41.6 Å². The summed E-state index contributed by atoms with van der Waals surface area (Å²) in [6.07, 6.45) is 7.98. The molecule has 14 heteroatoms. The zero-order valence-electron chi connectivity index (χ0n) is 25.5. The first kappa shape index (κ1) is 33.2. The fraction of sp³-hybridized carbons (Fsp3) is 0.281. The molecule has 3 aromatic heterocycles. The van der Waals surface area contributed by atoms with E-state index >= 15 is 0 Å². The van der Waals surface area contributed by atoms with Crippen molar-refractivity contribution >= 4 is 75.2 Å². The number of fused-ring (bicyclic) bond motifs is 3. The van der Waals surface area contributed by atoms with Gasteiger partial charge in [-0.2, -0.15) is 5.10 Å². The maximum absolute atomic E-state index is 13.4. The van der Waals surface area contributed by atoms with Gasteiger partial charge in [-0.1, -0.05) is 54.4 Å². The minimum atomic E-state index is -0.383. The van der Waals surface area contributed by atoms with Crippen LogP contribution in [0.1, 0.15) is 43.1 Å². The summed E-state index contributed by atoms with van der Waals surface area (Å²) >= 11 is 18.5. The number of allylic oxidation sites excluding steroid dienone is 2. The van der Waals surface area contributed by atoms with Crippen LogP contribution in [0.2, 0.25) is 10.0 Å². The molecule has 0 saturated carbocycles. The van der Waals surface area contributed by atoms with Gasteiger partial charge in [-0.25, -0.2) is 4.98 Å². The van der Waals surface area contributed by atoms with E-state index in [1.807, 2.05) is 42.0 Å². The first-order valence-electron chi connectivity index (χ1n) is 14.5. The van der Waals surface area contributed by atoms with E-state index in [2.05, 4.69) is 27.0 Å². The van der Waals surface area contributed by atoms with E-state index in [4.69, 9.17) is 44.9 Å². The van der Waals surface area contributed by atoms with Crippen LogP contribution in [0.4, 0.5) is 11.4 Å². The number of anilines is 2. The van der Waals surface area contributed by atoms with Crippen molar-refractivity contribution in [2.24, 2.45) is 0 Å². The van der Waals surface area contributed by atoms with Crippen molar-refractivity contribution < 1.29 is 14.3 Å². The Morgan fingerprint density at radius 1 is 1.26 bits per heavy atom. The third-order valence-corrected chi connectivity index (χ3v) is 8.58. The number of aromatic amines is 1.